The smallest absolute Gasteiger partial charge is 0.377 e. The number of amides is 1. The second-order valence-corrected chi connectivity index (χ2v) is 11.0. The van der Waals surface area contributed by atoms with Crippen LogP contribution in [0.2, 0.25) is 0 Å². The molecule has 0 radical (unpaired) electrons. The molecule has 3 heterocycles. The lowest BCUT2D eigenvalue weighted by molar-refractivity contribution is -0.137. The van der Waals surface area contributed by atoms with Gasteiger partial charge in [-0.1, -0.05) is 42.5 Å². The van der Waals surface area contributed by atoms with Crippen molar-refractivity contribution in [2.75, 3.05) is 11.9 Å². The number of hydrogen-bond acceptors (Lipinski definition) is 7. The summed E-state index contributed by atoms with van der Waals surface area (Å²) in [5, 5.41) is 4.22. The molecule has 9 nitrogen and oxygen atoms in total. The first kappa shape index (κ1) is 30.9. The molecule has 44 heavy (non-hydrogen) atoms. The average Bonchev–Trinajstić information content (AvgIpc) is 3.69. The number of pyridine rings is 1. The summed E-state index contributed by atoms with van der Waals surface area (Å²) < 4.78 is 49.4. The van der Waals surface area contributed by atoms with Crippen LogP contribution in [-0.4, -0.2) is 31.6 Å². The number of alkyl halides is 3. The number of halogens is 3. The third-order valence-corrected chi connectivity index (χ3v) is 7.49. The van der Waals surface area contributed by atoms with Crippen LogP contribution >= 0.6 is 11.3 Å². The standard InChI is InChI=1S/C31H29F3N6O3S/c1-30(35,22-9-5-10-23(15-22)31(32,33)34)29-38-26(17-39(29)12-6-14-43-18-21-7-3-2-4-8-21)40-13-11-24(16-27(40)41)37-28(42)25-19-44-20-36-25/h2-5,7-11,13,15-17,19-20H,6,12,14,18,35H2,1H3,(H,37,42). The van der Waals surface area contributed by atoms with Crippen LogP contribution in [-0.2, 0) is 29.6 Å². The molecular weight excluding hydrogens is 593 g/mol. The summed E-state index contributed by atoms with van der Waals surface area (Å²) in [5.74, 6) is 0.0309. The molecule has 0 spiro atoms. The van der Waals surface area contributed by atoms with Crippen LogP contribution in [0.1, 0.15) is 46.3 Å². The minimum atomic E-state index is -4.55. The van der Waals surface area contributed by atoms with Gasteiger partial charge in [-0.2, -0.15) is 13.2 Å². The molecule has 0 bridgehead atoms. The van der Waals surface area contributed by atoms with Gasteiger partial charge < -0.3 is 20.4 Å². The molecule has 1 unspecified atom stereocenters. The Bertz CT molecular complexity index is 1780. The van der Waals surface area contributed by atoms with E-state index in [4.69, 9.17) is 10.5 Å². The first-order valence-corrected chi connectivity index (χ1v) is 14.6. The zero-order chi connectivity index (χ0) is 31.3. The van der Waals surface area contributed by atoms with E-state index in [-0.39, 0.29) is 28.6 Å². The number of aryl methyl sites for hydroxylation is 1. The van der Waals surface area contributed by atoms with Gasteiger partial charge in [-0.3, -0.25) is 14.2 Å². The van der Waals surface area contributed by atoms with Gasteiger partial charge in [0.2, 0.25) is 0 Å². The third-order valence-electron chi connectivity index (χ3n) is 6.91. The zero-order valence-corrected chi connectivity index (χ0v) is 24.4. The topological polar surface area (TPSA) is 117 Å². The molecule has 228 valence electrons. The van der Waals surface area contributed by atoms with E-state index in [1.165, 1.54) is 51.9 Å². The van der Waals surface area contributed by atoms with Crippen molar-refractivity contribution < 1.29 is 22.7 Å². The highest BCUT2D eigenvalue weighted by molar-refractivity contribution is 7.07. The number of carbonyl (C=O) groups excluding carboxylic acids is 1. The number of anilines is 1. The molecule has 0 saturated heterocycles. The molecule has 0 aliphatic heterocycles. The van der Waals surface area contributed by atoms with E-state index in [2.05, 4.69) is 15.3 Å². The lowest BCUT2D eigenvalue weighted by atomic mass is 9.90. The van der Waals surface area contributed by atoms with E-state index in [1.54, 1.807) is 23.1 Å². The largest absolute Gasteiger partial charge is 0.416 e. The number of hydrogen-bond donors (Lipinski definition) is 2. The van der Waals surface area contributed by atoms with E-state index in [9.17, 15) is 22.8 Å². The molecule has 3 N–H and O–H groups in total. The summed E-state index contributed by atoms with van der Waals surface area (Å²) in [6, 6.07) is 17.3. The fourth-order valence-corrected chi connectivity index (χ4v) is 5.15. The van der Waals surface area contributed by atoms with Gasteiger partial charge in [-0.15, -0.1) is 11.3 Å². The van der Waals surface area contributed by atoms with E-state index in [1.807, 2.05) is 30.3 Å². The van der Waals surface area contributed by atoms with Gasteiger partial charge in [0.1, 0.15) is 11.5 Å². The Kier molecular flexibility index (Phi) is 9.09. The van der Waals surface area contributed by atoms with Crippen molar-refractivity contribution in [2.45, 2.75) is 38.2 Å². The highest BCUT2D eigenvalue weighted by Crippen LogP contribution is 2.34. The quantitative estimate of drug-likeness (QED) is 0.186. The van der Waals surface area contributed by atoms with Gasteiger partial charge in [-0.05, 0) is 42.7 Å². The number of nitrogens with two attached hydrogens (primary N) is 1. The predicted molar refractivity (Wildman–Crippen MR) is 161 cm³/mol. The maximum atomic E-state index is 13.5. The fraction of sp³-hybridized carbons (Fsp3) is 0.226. The van der Waals surface area contributed by atoms with Gasteiger partial charge in [0.15, 0.2) is 5.82 Å². The van der Waals surface area contributed by atoms with Crippen molar-refractivity contribution in [3.05, 3.63) is 129 Å². The SMILES string of the molecule is CC(N)(c1cccc(C(F)(F)F)c1)c1nc(-n2ccc(NC(=O)c3cscn3)cc2=O)cn1CCCOCc1ccccc1. The number of ether oxygens (including phenoxy) is 1. The van der Waals surface area contributed by atoms with Crippen molar-refractivity contribution in [1.82, 2.24) is 19.1 Å². The summed E-state index contributed by atoms with van der Waals surface area (Å²) in [5.41, 5.74) is 7.22. The molecular formula is C31H29F3N6O3S. The first-order valence-electron chi connectivity index (χ1n) is 13.6. The lowest BCUT2D eigenvalue weighted by Crippen LogP contribution is -2.38. The van der Waals surface area contributed by atoms with E-state index >= 15 is 0 Å². The summed E-state index contributed by atoms with van der Waals surface area (Å²) in [6.45, 7) is 2.79. The molecule has 1 atom stereocenters. The second kappa shape index (κ2) is 13.0. The molecule has 3 aromatic heterocycles. The third kappa shape index (κ3) is 7.13. The summed E-state index contributed by atoms with van der Waals surface area (Å²) >= 11 is 1.27. The Morgan fingerprint density at radius 2 is 1.84 bits per heavy atom. The number of rotatable bonds is 11. The molecule has 0 saturated carbocycles. The molecule has 1 amide bonds. The van der Waals surface area contributed by atoms with E-state index in [0.29, 0.717) is 26.2 Å². The Morgan fingerprint density at radius 3 is 2.55 bits per heavy atom. The number of benzene rings is 2. The number of imidazole rings is 1. The summed E-state index contributed by atoms with van der Waals surface area (Å²) in [6.07, 6.45) is -0.922. The van der Waals surface area contributed by atoms with Crippen LogP contribution in [0.4, 0.5) is 18.9 Å². The maximum Gasteiger partial charge on any atom is 0.416 e. The van der Waals surface area contributed by atoms with Gasteiger partial charge in [-0.25, -0.2) is 9.97 Å². The normalized spacial score (nSPS) is 13.0. The van der Waals surface area contributed by atoms with Gasteiger partial charge in [0.05, 0.1) is 23.2 Å². The minimum Gasteiger partial charge on any atom is -0.377 e. The van der Waals surface area contributed by atoms with Gasteiger partial charge >= 0.3 is 6.18 Å². The van der Waals surface area contributed by atoms with Crippen molar-refractivity contribution in [3.8, 4) is 5.82 Å². The van der Waals surface area contributed by atoms with Crippen LogP contribution in [0.25, 0.3) is 5.82 Å². The van der Waals surface area contributed by atoms with Gasteiger partial charge in [0, 0.05) is 42.7 Å². The van der Waals surface area contributed by atoms with Gasteiger partial charge in [0.25, 0.3) is 11.5 Å². The highest BCUT2D eigenvalue weighted by atomic mass is 32.1. The molecule has 0 aliphatic carbocycles. The Morgan fingerprint density at radius 1 is 1.07 bits per heavy atom. The van der Waals surface area contributed by atoms with Crippen molar-refractivity contribution >= 4 is 22.9 Å². The van der Waals surface area contributed by atoms with Crippen LogP contribution in [0.3, 0.4) is 0 Å². The van der Waals surface area contributed by atoms with E-state index < -0.39 is 28.7 Å². The van der Waals surface area contributed by atoms with Crippen molar-refractivity contribution in [2.24, 2.45) is 5.73 Å². The predicted octanol–water partition coefficient (Wildman–Crippen LogP) is 5.59. The van der Waals surface area contributed by atoms with Crippen LogP contribution in [0.15, 0.2) is 94.8 Å². The first-order chi connectivity index (χ1) is 21.0. The van der Waals surface area contributed by atoms with Crippen LogP contribution in [0, 0.1) is 0 Å². The van der Waals surface area contributed by atoms with Crippen molar-refractivity contribution in [1.29, 1.82) is 0 Å². The minimum absolute atomic E-state index is 0.207. The summed E-state index contributed by atoms with van der Waals surface area (Å²) in [7, 11) is 0. The molecule has 5 aromatic rings. The monoisotopic (exact) mass is 622 g/mol. The molecule has 0 aliphatic rings. The number of carbonyl (C=O) groups is 1. The molecule has 2 aromatic carbocycles. The number of nitrogens with one attached hydrogen (secondary N) is 1. The number of aromatic nitrogens is 4. The van der Waals surface area contributed by atoms with Crippen LogP contribution in [0.5, 0.6) is 0 Å². The Balaban J connectivity index is 1.42. The van der Waals surface area contributed by atoms with Crippen molar-refractivity contribution in [3.63, 3.8) is 0 Å². The maximum absolute atomic E-state index is 13.5. The molecule has 5 rings (SSSR count). The Labute approximate surface area is 254 Å². The zero-order valence-electron chi connectivity index (χ0n) is 23.6. The average molecular weight is 623 g/mol. The van der Waals surface area contributed by atoms with Crippen LogP contribution < -0.4 is 16.6 Å². The molecule has 0 fully saturated rings. The number of nitrogens with zero attached hydrogens (tertiary/aromatic N) is 4. The lowest BCUT2D eigenvalue weighted by Gasteiger charge is -2.26. The highest BCUT2D eigenvalue weighted by Gasteiger charge is 2.35. The second-order valence-electron chi connectivity index (χ2n) is 10.2. The van der Waals surface area contributed by atoms with E-state index in [0.717, 1.165) is 17.7 Å². The summed E-state index contributed by atoms with van der Waals surface area (Å²) in [4.78, 5) is 34.1. The Hall–Kier alpha value is -4.59. The molecule has 13 heteroatoms. The number of thiazole rings is 1. The fourth-order valence-electron chi connectivity index (χ4n) is 4.62.